The van der Waals surface area contributed by atoms with Crippen LogP contribution in [0, 0.1) is 0 Å². The lowest BCUT2D eigenvalue weighted by Gasteiger charge is -2.09. The average Bonchev–Trinajstić information content (AvgIpc) is 3.00. The predicted octanol–water partition coefficient (Wildman–Crippen LogP) is 3.58. The lowest BCUT2D eigenvalue weighted by molar-refractivity contribution is -0.689. The van der Waals surface area contributed by atoms with Crippen LogP contribution in [0.2, 0.25) is 0 Å². The number of hydrogen-bond donors (Lipinski definition) is 0. The summed E-state index contributed by atoms with van der Waals surface area (Å²) in [7, 11) is 0. The van der Waals surface area contributed by atoms with E-state index in [4.69, 9.17) is 0 Å². The van der Waals surface area contributed by atoms with Gasteiger partial charge >= 0.3 is 0 Å². The maximum absolute atomic E-state index is 4.59. The second-order valence-corrected chi connectivity index (χ2v) is 5.60. The van der Waals surface area contributed by atoms with Crippen molar-refractivity contribution in [3.8, 4) is 0 Å². The number of benzene rings is 2. The van der Waals surface area contributed by atoms with E-state index in [1.165, 1.54) is 16.7 Å². The first-order chi connectivity index (χ1) is 10.9. The van der Waals surface area contributed by atoms with Crippen molar-refractivity contribution in [2.75, 3.05) is 0 Å². The van der Waals surface area contributed by atoms with Crippen LogP contribution in [0.15, 0.2) is 79.3 Å². The molecule has 0 amide bonds. The highest BCUT2D eigenvalue weighted by Gasteiger charge is 2.22. The van der Waals surface area contributed by atoms with Gasteiger partial charge in [-0.2, -0.15) is 4.57 Å². The zero-order chi connectivity index (χ0) is 14.8. The van der Waals surface area contributed by atoms with Crippen molar-refractivity contribution in [1.82, 2.24) is 4.98 Å². The molecule has 0 bridgehead atoms. The molecule has 0 saturated heterocycles. The highest BCUT2D eigenvalue weighted by atomic mass is 15.0. The van der Waals surface area contributed by atoms with E-state index in [0.717, 1.165) is 12.2 Å². The second kappa shape index (κ2) is 5.57. The maximum Gasteiger partial charge on any atom is 0.191 e. The van der Waals surface area contributed by atoms with E-state index in [-0.39, 0.29) is 5.92 Å². The molecule has 0 aliphatic heterocycles. The fourth-order valence-electron chi connectivity index (χ4n) is 3.01. The summed E-state index contributed by atoms with van der Waals surface area (Å²) in [6.07, 6.45) is 10.5. The van der Waals surface area contributed by atoms with Crippen LogP contribution >= 0.6 is 0 Å². The van der Waals surface area contributed by atoms with Crippen LogP contribution in [-0.4, -0.2) is 4.98 Å². The molecule has 1 aromatic heterocycles. The van der Waals surface area contributed by atoms with Gasteiger partial charge in [-0.1, -0.05) is 66.7 Å². The molecule has 22 heavy (non-hydrogen) atoms. The molecule has 2 nitrogen and oxygen atoms in total. The molecule has 1 aliphatic carbocycles. The highest BCUT2D eigenvalue weighted by molar-refractivity contribution is 5.64. The normalized spacial score (nSPS) is 15.7. The van der Waals surface area contributed by atoms with E-state index in [1.807, 2.05) is 18.5 Å². The van der Waals surface area contributed by atoms with Crippen LogP contribution in [0.25, 0.3) is 6.08 Å². The Morgan fingerprint density at radius 3 is 2.68 bits per heavy atom. The number of fused-ring (bicyclic) bond motifs is 1. The van der Waals surface area contributed by atoms with Gasteiger partial charge in [-0.05, 0) is 11.1 Å². The van der Waals surface area contributed by atoms with E-state index in [2.05, 4.69) is 76.4 Å². The molecule has 3 aromatic rings. The van der Waals surface area contributed by atoms with E-state index in [0.29, 0.717) is 0 Å². The van der Waals surface area contributed by atoms with Gasteiger partial charge < -0.3 is 0 Å². The Morgan fingerprint density at radius 2 is 1.77 bits per heavy atom. The summed E-state index contributed by atoms with van der Waals surface area (Å²) in [5.41, 5.74) is 5.03. The summed E-state index contributed by atoms with van der Waals surface area (Å²) >= 11 is 0. The summed E-state index contributed by atoms with van der Waals surface area (Å²) in [6.45, 7) is 0.869. The predicted molar refractivity (Wildman–Crippen MR) is 87.3 cm³/mol. The first-order valence-corrected chi connectivity index (χ1v) is 7.56. The summed E-state index contributed by atoms with van der Waals surface area (Å²) in [5.74, 6) is 0.263. The van der Waals surface area contributed by atoms with Crippen molar-refractivity contribution >= 4 is 6.08 Å². The smallest absolute Gasteiger partial charge is 0.191 e. The lowest BCUT2D eigenvalue weighted by Crippen LogP contribution is -2.34. The fourth-order valence-corrected chi connectivity index (χ4v) is 3.01. The van der Waals surface area contributed by atoms with Crippen LogP contribution in [0.1, 0.15) is 28.3 Å². The Morgan fingerprint density at radius 1 is 0.955 bits per heavy atom. The molecule has 1 atom stereocenters. The molecular weight excluding hydrogens is 268 g/mol. The highest BCUT2D eigenvalue weighted by Crippen LogP contribution is 2.33. The van der Waals surface area contributed by atoms with E-state index in [9.17, 15) is 0 Å². The minimum atomic E-state index is 0.263. The van der Waals surface area contributed by atoms with Crippen LogP contribution in [-0.2, 0) is 6.54 Å². The standard InChI is InChI=1S/C20H17N2/c1-2-6-16(7-3-1)14-22-13-12-21-20(15-22)19-11-10-17-8-4-5-9-18(17)19/h1-13,15,19H,14H2/q+1. The number of nitrogens with zero attached hydrogens (tertiary/aromatic N) is 2. The van der Waals surface area contributed by atoms with Gasteiger partial charge in [0.05, 0.1) is 12.1 Å². The molecular formula is C20H17N2+. The largest absolute Gasteiger partial charge is 0.248 e. The molecule has 0 spiro atoms. The van der Waals surface area contributed by atoms with Gasteiger partial charge in [-0.15, -0.1) is 0 Å². The Labute approximate surface area is 130 Å². The fraction of sp³-hybridized carbons (Fsp3) is 0.100. The Kier molecular flexibility index (Phi) is 3.28. The van der Waals surface area contributed by atoms with Crippen LogP contribution < -0.4 is 4.57 Å². The average molecular weight is 285 g/mol. The van der Waals surface area contributed by atoms with Gasteiger partial charge in [-0.3, -0.25) is 0 Å². The lowest BCUT2D eigenvalue weighted by atomic mass is 9.98. The third kappa shape index (κ3) is 2.44. The van der Waals surface area contributed by atoms with Crippen molar-refractivity contribution in [3.63, 3.8) is 0 Å². The summed E-state index contributed by atoms with van der Waals surface area (Å²) in [4.78, 5) is 4.59. The van der Waals surface area contributed by atoms with Crippen molar-refractivity contribution in [3.05, 3.63) is 102 Å². The summed E-state index contributed by atoms with van der Waals surface area (Å²) < 4.78 is 2.20. The maximum atomic E-state index is 4.59. The number of hydrogen-bond acceptors (Lipinski definition) is 1. The minimum absolute atomic E-state index is 0.263. The van der Waals surface area contributed by atoms with E-state index in [1.54, 1.807) is 0 Å². The molecule has 0 saturated carbocycles. The zero-order valence-electron chi connectivity index (χ0n) is 12.3. The van der Waals surface area contributed by atoms with Crippen molar-refractivity contribution in [2.24, 2.45) is 0 Å². The van der Waals surface area contributed by atoms with Gasteiger partial charge in [0, 0.05) is 5.56 Å². The van der Waals surface area contributed by atoms with Gasteiger partial charge in [-0.25, -0.2) is 4.98 Å². The molecule has 2 heteroatoms. The number of allylic oxidation sites excluding steroid dienone is 1. The monoisotopic (exact) mass is 285 g/mol. The van der Waals surface area contributed by atoms with Crippen molar-refractivity contribution < 1.29 is 4.57 Å². The molecule has 0 radical (unpaired) electrons. The molecule has 1 unspecified atom stereocenters. The second-order valence-electron chi connectivity index (χ2n) is 5.60. The Hall–Kier alpha value is -2.74. The van der Waals surface area contributed by atoms with Crippen molar-refractivity contribution in [2.45, 2.75) is 12.5 Å². The SMILES string of the molecule is C1=CC(c2c[n+](Cc3ccccc3)ccn2)c2ccccc21. The Balaban J connectivity index is 1.65. The quantitative estimate of drug-likeness (QED) is 0.672. The third-order valence-electron chi connectivity index (χ3n) is 4.11. The number of aromatic nitrogens is 2. The van der Waals surface area contributed by atoms with Gasteiger partial charge in [0.1, 0.15) is 5.69 Å². The molecule has 1 aliphatic rings. The third-order valence-corrected chi connectivity index (χ3v) is 4.11. The van der Waals surface area contributed by atoms with Gasteiger partial charge in [0.25, 0.3) is 0 Å². The zero-order valence-corrected chi connectivity index (χ0v) is 12.3. The summed E-state index contributed by atoms with van der Waals surface area (Å²) in [5, 5.41) is 0. The topological polar surface area (TPSA) is 16.8 Å². The van der Waals surface area contributed by atoms with Crippen LogP contribution in [0.4, 0.5) is 0 Å². The molecule has 106 valence electrons. The molecule has 1 heterocycles. The summed E-state index contributed by atoms with van der Waals surface area (Å²) in [6, 6.07) is 19.0. The van der Waals surface area contributed by atoms with Gasteiger partial charge in [0.2, 0.25) is 0 Å². The molecule has 2 aromatic carbocycles. The minimum Gasteiger partial charge on any atom is -0.248 e. The number of rotatable bonds is 3. The molecule has 0 fully saturated rings. The molecule has 0 N–H and O–H groups in total. The first-order valence-electron chi connectivity index (χ1n) is 7.56. The van der Waals surface area contributed by atoms with E-state index >= 15 is 0 Å². The van der Waals surface area contributed by atoms with E-state index < -0.39 is 0 Å². The first kappa shape index (κ1) is 13.0. The Bertz CT molecular complexity index is 822. The van der Waals surface area contributed by atoms with Crippen LogP contribution in [0.5, 0.6) is 0 Å². The van der Waals surface area contributed by atoms with Gasteiger partial charge in [0.15, 0.2) is 18.9 Å². The van der Waals surface area contributed by atoms with Crippen LogP contribution in [0.3, 0.4) is 0 Å². The van der Waals surface area contributed by atoms with Crippen molar-refractivity contribution in [1.29, 1.82) is 0 Å². The molecule has 4 rings (SSSR count).